The third-order valence-electron chi connectivity index (χ3n) is 0.634. The van der Waals surface area contributed by atoms with Gasteiger partial charge in [-0.15, -0.1) is 0 Å². The number of amides is 2. The molecule has 2 N–H and O–H groups in total. The minimum absolute atomic E-state index is 0.139. The van der Waals surface area contributed by atoms with Crippen LogP contribution in [0, 0.1) is 0 Å². The zero-order chi connectivity index (χ0) is 10.1. The first-order valence-corrected chi connectivity index (χ1v) is 3.29. The van der Waals surface area contributed by atoms with Gasteiger partial charge in [-0.05, 0) is 6.92 Å². The summed E-state index contributed by atoms with van der Waals surface area (Å²) in [6, 6.07) is 0. The van der Waals surface area contributed by atoms with Gasteiger partial charge in [0.2, 0.25) is 12.3 Å². The smallest absolute Gasteiger partial charge is 0.224 e. The van der Waals surface area contributed by atoms with Crippen LogP contribution in [0.25, 0.3) is 0 Å². The predicted molar refractivity (Wildman–Crippen MR) is 44.2 cm³/mol. The fraction of sp³-hybridized carbons (Fsp3) is 0.571. The summed E-state index contributed by atoms with van der Waals surface area (Å²) >= 11 is 0. The Hall–Kier alpha value is -1.39. The second-order valence-corrected chi connectivity index (χ2v) is 2.41. The predicted octanol–water partition coefficient (Wildman–Crippen LogP) is -0.845. The van der Waals surface area contributed by atoms with Crippen LogP contribution in [0.4, 0.5) is 0 Å². The lowest BCUT2D eigenvalue weighted by Crippen LogP contribution is -2.13. The SMILES string of the molecule is CC(=O)CC(N)=O.CN(C)C=O. The van der Waals surface area contributed by atoms with E-state index >= 15 is 0 Å². The second-order valence-electron chi connectivity index (χ2n) is 2.41. The van der Waals surface area contributed by atoms with Crippen molar-refractivity contribution in [2.24, 2.45) is 5.73 Å². The van der Waals surface area contributed by atoms with Gasteiger partial charge in [-0.25, -0.2) is 0 Å². The summed E-state index contributed by atoms with van der Waals surface area (Å²) in [5.74, 6) is -0.750. The highest BCUT2D eigenvalue weighted by Crippen LogP contribution is 1.75. The molecule has 0 aliphatic rings. The number of nitrogens with two attached hydrogens (primary N) is 1. The van der Waals surface area contributed by atoms with Crippen LogP contribution in [0.2, 0.25) is 0 Å². The minimum Gasteiger partial charge on any atom is -0.369 e. The summed E-state index contributed by atoms with van der Waals surface area (Å²) < 4.78 is 0. The maximum atomic E-state index is 9.95. The topological polar surface area (TPSA) is 80.5 Å². The monoisotopic (exact) mass is 174 g/mol. The van der Waals surface area contributed by atoms with E-state index in [4.69, 9.17) is 0 Å². The van der Waals surface area contributed by atoms with E-state index < -0.39 is 5.91 Å². The summed E-state index contributed by atoms with van der Waals surface area (Å²) in [5, 5.41) is 0. The Morgan fingerprint density at radius 1 is 1.42 bits per heavy atom. The molecule has 0 bridgehead atoms. The Morgan fingerprint density at radius 2 is 1.75 bits per heavy atom. The molecule has 0 radical (unpaired) electrons. The number of primary amides is 1. The van der Waals surface area contributed by atoms with Gasteiger partial charge in [-0.1, -0.05) is 0 Å². The molecule has 5 nitrogen and oxygen atoms in total. The summed E-state index contributed by atoms with van der Waals surface area (Å²) in [7, 11) is 3.38. The van der Waals surface area contributed by atoms with Gasteiger partial charge in [0.05, 0.1) is 6.42 Å². The number of Topliss-reactive ketones (excluding diaryl/α,β-unsaturated/α-hetero) is 1. The number of carbonyl (C=O) groups excluding carboxylic acids is 3. The number of carbonyl (C=O) groups is 3. The van der Waals surface area contributed by atoms with Crippen LogP contribution in [0.3, 0.4) is 0 Å². The molecular weight excluding hydrogens is 160 g/mol. The van der Waals surface area contributed by atoms with Crippen molar-refractivity contribution in [3.8, 4) is 0 Å². The van der Waals surface area contributed by atoms with Gasteiger partial charge in [0.25, 0.3) is 0 Å². The van der Waals surface area contributed by atoms with Gasteiger partial charge in [0, 0.05) is 14.1 Å². The molecule has 0 aliphatic heterocycles. The van der Waals surface area contributed by atoms with E-state index in [1.54, 1.807) is 14.1 Å². The number of nitrogens with zero attached hydrogens (tertiary/aromatic N) is 1. The fourth-order valence-electron chi connectivity index (χ4n) is 0.245. The molecule has 0 aromatic rings. The van der Waals surface area contributed by atoms with Crippen LogP contribution in [0.1, 0.15) is 13.3 Å². The highest BCUT2D eigenvalue weighted by molar-refractivity contribution is 5.95. The lowest BCUT2D eigenvalue weighted by atomic mass is 10.3. The molecule has 70 valence electrons. The molecule has 0 aliphatic carbocycles. The lowest BCUT2D eigenvalue weighted by molar-refractivity contribution is -0.125. The van der Waals surface area contributed by atoms with Gasteiger partial charge in [-0.2, -0.15) is 0 Å². The molecule has 0 heterocycles. The highest BCUT2D eigenvalue weighted by Gasteiger charge is 1.95. The van der Waals surface area contributed by atoms with Gasteiger partial charge < -0.3 is 10.6 Å². The van der Waals surface area contributed by atoms with Crippen molar-refractivity contribution in [1.82, 2.24) is 4.90 Å². The third kappa shape index (κ3) is 23.5. The van der Waals surface area contributed by atoms with Crippen molar-refractivity contribution in [3.05, 3.63) is 0 Å². The third-order valence-corrected chi connectivity index (χ3v) is 0.634. The molecule has 0 rings (SSSR count). The van der Waals surface area contributed by atoms with Crippen LogP contribution in [-0.2, 0) is 14.4 Å². The maximum Gasteiger partial charge on any atom is 0.224 e. The number of hydrogen-bond donors (Lipinski definition) is 1. The molecule has 0 aromatic carbocycles. The van der Waals surface area contributed by atoms with Crippen molar-refractivity contribution in [2.75, 3.05) is 14.1 Å². The zero-order valence-corrected chi connectivity index (χ0v) is 7.53. The number of ketones is 1. The molecule has 0 fully saturated rings. The molecule has 2 amide bonds. The van der Waals surface area contributed by atoms with E-state index in [-0.39, 0.29) is 12.2 Å². The first-order chi connectivity index (χ1) is 5.40. The Balaban J connectivity index is 0. The van der Waals surface area contributed by atoms with E-state index in [2.05, 4.69) is 5.73 Å². The molecule has 0 saturated carbocycles. The van der Waals surface area contributed by atoms with Crippen LogP contribution >= 0.6 is 0 Å². The molecule has 0 saturated heterocycles. The Bertz CT molecular complexity index is 154. The fourth-order valence-corrected chi connectivity index (χ4v) is 0.245. The van der Waals surface area contributed by atoms with Crippen LogP contribution in [-0.4, -0.2) is 37.1 Å². The van der Waals surface area contributed by atoms with Crippen molar-refractivity contribution < 1.29 is 14.4 Å². The van der Waals surface area contributed by atoms with Crippen molar-refractivity contribution >= 4 is 18.1 Å². The zero-order valence-electron chi connectivity index (χ0n) is 7.53. The van der Waals surface area contributed by atoms with Crippen LogP contribution in [0.5, 0.6) is 0 Å². The average molecular weight is 174 g/mol. The minimum atomic E-state index is -0.562. The van der Waals surface area contributed by atoms with Gasteiger partial charge in [0.15, 0.2) is 0 Å². The van der Waals surface area contributed by atoms with Gasteiger partial charge >= 0.3 is 0 Å². The van der Waals surface area contributed by atoms with Crippen LogP contribution < -0.4 is 5.73 Å². The molecule has 5 heteroatoms. The van der Waals surface area contributed by atoms with Crippen molar-refractivity contribution in [2.45, 2.75) is 13.3 Å². The first kappa shape index (κ1) is 13.2. The van der Waals surface area contributed by atoms with Crippen molar-refractivity contribution in [3.63, 3.8) is 0 Å². The van der Waals surface area contributed by atoms with E-state index in [0.717, 1.165) is 6.41 Å². The molecule has 12 heavy (non-hydrogen) atoms. The molecule has 0 unspecified atom stereocenters. The second kappa shape index (κ2) is 7.71. The summed E-state index contributed by atoms with van der Waals surface area (Å²) in [6.07, 6.45) is 0.611. The number of rotatable bonds is 3. The molecule has 0 aromatic heterocycles. The Labute approximate surface area is 71.5 Å². The standard InChI is InChI=1S/C4H7NO2.C3H7NO/c1-3(6)2-4(5)7;1-4(2)3-5/h2H2,1H3,(H2,5,7);3H,1-2H3. The van der Waals surface area contributed by atoms with Gasteiger partial charge in [-0.3, -0.25) is 14.4 Å². The quantitative estimate of drug-likeness (QED) is 0.447. The largest absolute Gasteiger partial charge is 0.369 e. The summed E-state index contributed by atoms with van der Waals surface area (Å²) in [5.41, 5.74) is 4.63. The van der Waals surface area contributed by atoms with Gasteiger partial charge in [0.1, 0.15) is 5.78 Å². The summed E-state index contributed by atoms with van der Waals surface area (Å²) in [4.78, 5) is 30.6. The molecule has 0 atom stereocenters. The van der Waals surface area contributed by atoms with Crippen LogP contribution in [0.15, 0.2) is 0 Å². The number of hydrogen-bond acceptors (Lipinski definition) is 3. The van der Waals surface area contributed by atoms with E-state index in [1.807, 2.05) is 0 Å². The maximum absolute atomic E-state index is 9.95. The highest BCUT2D eigenvalue weighted by atomic mass is 16.2. The summed E-state index contributed by atoms with van der Waals surface area (Å²) in [6.45, 7) is 1.32. The van der Waals surface area contributed by atoms with E-state index in [9.17, 15) is 14.4 Å². The van der Waals surface area contributed by atoms with E-state index in [0.29, 0.717) is 0 Å². The molecule has 0 spiro atoms. The Kier molecular flexibility index (Phi) is 8.50. The first-order valence-electron chi connectivity index (χ1n) is 3.29. The van der Waals surface area contributed by atoms with E-state index in [1.165, 1.54) is 11.8 Å². The molecular formula is C7H14N2O3. The normalized spacial score (nSPS) is 7.58. The lowest BCUT2D eigenvalue weighted by Gasteiger charge is -1.93. The average Bonchev–Trinajstić information content (AvgIpc) is 1.85. The van der Waals surface area contributed by atoms with Crippen molar-refractivity contribution in [1.29, 1.82) is 0 Å². The Morgan fingerprint density at radius 3 is 1.75 bits per heavy atom.